The van der Waals surface area contributed by atoms with E-state index in [1.807, 2.05) is 0 Å². The van der Waals surface area contributed by atoms with Gasteiger partial charge in [0.05, 0.1) is 64.7 Å². The Morgan fingerprint density at radius 3 is 0.857 bits per heavy atom. The van der Waals surface area contributed by atoms with E-state index >= 15 is 0 Å². The maximum atomic E-state index is 4.20. The van der Waals surface area contributed by atoms with Gasteiger partial charge in [-0.1, -0.05) is 117 Å². The van der Waals surface area contributed by atoms with E-state index in [9.17, 15) is 0 Å². The Balaban J connectivity index is 6.51. The monoisotopic (exact) mass is 473 g/mol. The van der Waals surface area contributed by atoms with E-state index in [0.717, 1.165) is 10.2 Å². The van der Waals surface area contributed by atoms with Gasteiger partial charge < -0.3 is 0 Å². The predicted molar refractivity (Wildman–Crippen MR) is 151 cm³/mol. The molecule has 0 atom stereocenters. The Hall–Kier alpha value is 0.858. The molecule has 5 heteroatoms. The van der Waals surface area contributed by atoms with Gasteiger partial charge in [0.2, 0.25) is 0 Å². The highest BCUT2D eigenvalue weighted by Crippen LogP contribution is 2.65. The van der Waals surface area contributed by atoms with Gasteiger partial charge in [0.15, 0.2) is 0 Å². The molecule has 28 heavy (non-hydrogen) atoms. The maximum absolute atomic E-state index is 4.20. The van der Waals surface area contributed by atoms with Gasteiger partial charge in [-0.3, -0.25) is 0 Å². The molecule has 0 aromatic rings. The van der Waals surface area contributed by atoms with Crippen molar-refractivity contribution in [2.24, 2.45) is 0 Å². The fraction of sp³-hybridized carbons (Fsp3) is 0.913. The molecule has 0 saturated carbocycles. The zero-order valence-electron chi connectivity index (χ0n) is 21.4. The van der Waals surface area contributed by atoms with E-state index in [2.05, 4.69) is 73.5 Å². The smallest absolute Gasteiger partial charge is 0.0985 e. The van der Waals surface area contributed by atoms with Crippen molar-refractivity contribution >= 4 is 41.7 Å². The molecule has 0 spiro atoms. The second-order valence-corrected chi connectivity index (χ2v) is 31.8. The van der Waals surface area contributed by atoms with Crippen molar-refractivity contribution in [2.75, 3.05) is 17.4 Å². The lowest BCUT2D eigenvalue weighted by Gasteiger charge is -2.42. The van der Waals surface area contributed by atoms with E-state index in [1.54, 1.807) is 17.4 Å². The Labute approximate surface area is 186 Å². The van der Waals surface area contributed by atoms with Crippen LogP contribution in [0.15, 0.2) is 0 Å². The zero-order valence-corrected chi connectivity index (χ0v) is 27.3. The Morgan fingerprint density at radius 1 is 0.500 bits per heavy atom. The van der Waals surface area contributed by atoms with Crippen LogP contribution in [0.1, 0.15) is 62.3 Å². The Morgan fingerprint density at radius 2 is 0.714 bits per heavy atom. The molecule has 0 aliphatic carbocycles. The lowest BCUT2D eigenvalue weighted by atomic mass is 10.9. The lowest BCUT2D eigenvalue weighted by Crippen LogP contribution is -2.48. The summed E-state index contributed by atoms with van der Waals surface area (Å²) < 4.78 is 0. The van der Waals surface area contributed by atoms with Crippen molar-refractivity contribution in [1.29, 1.82) is 0 Å². The quantitative estimate of drug-likeness (QED) is 0.132. The third-order valence-corrected chi connectivity index (χ3v) is 39.2. The van der Waals surface area contributed by atoms with Crippen molar-refractivity contribution in [1.82, 2.24) is 0 Å². The summed E-state index contributed by atoms with van der Waals surface area (Å²) in [6, 6.07) is 13.4. The molecule has 0 aliphatic rings. The summed E-state index contributed by atoms with van der Waals surface area (Å²) in [5.41, 5.74) is 7.90. The van der Waals surface area contributed by atoms with Crippen molar-refractivity contribution in [3.8, 4) is 11.2 Å². The minimum absolute atomic E-state index is 1.07. The second kappa shape index (κ2) is 13.3. The molecular formula is C23H54PSi4+. The third kappa shape index (κ3) is 7.22. The van der Waals surface area contributed by atoms with E-state index in [-0.39, 0.29) is 0 Å². The van der Waals surface area contributed by atoms with Gasteiger partial charge in [0.25, 0.3) is 0 Å². The van der Waals surface area contributed by atoms with Crippen LogP contribution < -0.4 is 0 Å². The van der Waals surface area contributed by atoms with Gasteiger partial charge >= 0.3 is 0 Å². The molecule has 0 aliphatic heterocycles. The molecule has 0 aromatic carbocycles. The molecule has 0 unspecified atom stereocenters. The summed E-state index contributed by atoms with van der Waals surface area (Å²) in [5.74, 6) is 4.88. The molecule has 0 heterocycles. The van der Waals surface area contributed by atoms with E-state index in [1.165, 1.54) is 54.4 Å². The largest absolute Gasteiger partial charge is 0.102 e. The molecule has 0 radical (unpaired) electrons. The summed E-state index contributed by atoms with van der Waals surface area (Å²) in [5, 5.41) is 0. The second-order valence-electron chi connectivity index (χ2n) is 9.66. The van der Waals surface area contributed by atoms with Gasteiger partial charge in [-0.25, -0.2) is 0 Å². The van der Waals surface area contributed by atoms with Crippen LogP contribution in [-0.2, 0) is 0 Å². The van der Waals surface area contributed by atoms with Crippen LogP contribution >= 0.6 is 7.26 Å². The van der Waals surface area contributed by atoms with Gasteiger partial charge in [0.1, 0.15) is 0 Å². The van der Waals surface area contributed by atoms with Gasteiger partial charge in [-0.15, -0.1) is 5.54 Å². The zero-order chi connectivity index (χ0) is 21.9. The number of rotatable bonds is 15. The Bertz CT molecular complexity index is 403. The summed E-state index contributed by atoms with van der Waals surface area (Å²) >= 11 is 0. The van der Waals surface area contributed by atoms with Gasteiger partial charge in [-0.2, -0.15) is 0 Å². The van der Waals surface area contributed by atoms with E-state index in [0.29, 0.717) is 0 Å². The van der Waals surface area contributed by atoms with Crippen LogP contribution in [0.2, 0.25) is 54.4 Å². The van der Waals surface area contributed by atoms with Crippen LogP contribution in [0, 0.1) is 11.2 Å². The van der Waals surface area contributed by atoms with Crippen LogP contribution in [0.25, 0.3) is 0 Å². The fourth-order valence-corrected chi connectivity index (χ4v) is 40.9. The summed E-state index contributed by atoms with van der Waals surface area (Å²) in [6.45, 7) is 22.7. The van der Waals surface area contributed by atoms with Crippen LogP contribution in [-0.4, -0.2) is 51.8 Å². The molecule has 0 amide bonds. The van der Waals surface area contributed by atoms with Gasteiger partial charge in [-0.05, 0) is 0 Å². The highest BCUT2D eigenvalue weighted by atomic mass is 31.2. The molecule has 166 valence electrons. The Kier molecular flexibility index (Phi) is 13.7. The normalized spacial score (nSPS) is 13.5. The van der Waals surface area contributed by atoms with Crippen LogP contribution in [0.3, 0.4) is 0 Å². The van der Waals surface area contributed by atoms with E-state index in [4.69, 9.17) is 0 Å². The third-order valence-electron chi connectivity index (χ3n) is 9.01. The van der Waals surface area contributed by atoms with Crippen LogP contribution in [0.5, 0.6) is 0 Å². The first-order chi connectivity index (χ1) is 13.2. The SMILES string of the molecule is CC[Si](CC)(CC)C[P+](C#C[SiH3])(C[Si](CC)(CC)CC)C[Si](CC)(CC)CC. The molecule has 0 N–H and O–H groups in total. The van der Waals surface area contributed by atoms with Crippen molar-refractivity contribution in [3.63, 3.8) is 0 Å². The first kappa shape index (κ1) is 28.9. The molecule has 0 rings (SSSR count). The molecule has 0 bridgehead atoms. The molecular weight excluding hydrogens is 420 g/mol. The molecule has 0 fully saturated rings. The first-order valence-corrected chi connectivity index (χ1v) is 24.4. The van der Waals surface area contributed by atoms with Crippen molar-refractivity contribution in [3.05, 3.63) is 0 Å². The minimum atomic E-state index is -1.16. The lowest BCUT2D eigenvalue weighted by molar-refractivity contribution is 1.14. The standard InChI is InChI=1S/C23H54PSi4/c1-10-26(11-2,12-3)21-24(19-20-25,22-27(13-4,14-5)15-6)23-28(16-7,17-8)18-9/h10-18,21-23H2,1-9,25H3/q+1. The molecule has 0 aromatic heterocycles. The van der Waals surface area contributed by atoms with Crippen LogP contribution in [0.4, 0.5) is 0 Å². The average molecular weight is 474 g/mol. The maximum Gasteiger partial charge on any atom is 0.0985 e. The summed E-state index contributed by atoms with van der Waals surface area (Å²) in [6.07, 6.45) is 0. The van der Waals surface area contributed by atoms with Crippen molar-refractivity contribution in [2.45, 2.75) is 117 Å². The predicted octanol–water partition coefficient (Wildman–Crippen LogP) is 7.43. The number of hydrogen-bond donors (Lipinski definition) is 0. The fourth-order valence-electron chi connectivity index (χ4n) is 5.71. The average Bonchev–Trinajstić information content (AvgIpc) is 2.75. The molecule has 0 nitrogen and oxygen atoms in total. The van der Waals surface area contributed by atoms with E-state index < -0.39 is 31.5 Å². The molecule has 0 saturated heterocycles. The topological polar surface area (TPSA) is 0 Å². The number of hydrogen-bond acceptors (Lipinski definition) is 0. The highest BCUT2D eigenvalue weighted by molar-refractivity contribution is 7.86. The van der Waals surface area contributed by atoms with Crippen molar-refractivity contribution < 1.29 is 0 Å². The summed E-state index contributed by atoms with van der Waals surface area (Å²) in [7, 11) is -3.56. The highest BCUT2D eigenvalue weighted by Gasteiger charge is 2.53. The van der Waals surface area contributed by atoms with Gasteiger partial charge in [0, 0.05) is 0 Å². The minimum Gasteiger partial charge on any atom is -0.102 e. The first-order valence-electron chi connectivity index (χ1n) is 12.5. The summed E-state index contributed by atoms with van der Waals surface area (Å²) in [4.78, 5) is 0.